The second-order valence-corrected chi connectivity index (χ2v) is 5.49. The van der Waals surface area contributed by atoms with Gasteiger partial charge in [0, 0.05) is 11.8 Å². The number of aromatic nitrogens is 2. The number of carboxylic acids is 1. The van der Waals surface area contributed by atoms with Gasteiger partial charge in [0.1, 0.15) is 22.8 Å². The molecule has 1 amide bonds. The molecule has 7 nitrogen and oxygen atoms in total. The van der Waals surface area contributed by atoms with Crippen molar-refractivity contribution in [1.29, 1.82) is 0 Å². The maximum atomic E-state index is 13.1. The summed E-state index contributed by atoms with van der Waals surface area (Å²) in [4.78, 5) is 27.8. The van der Waals surface area contributed by atoms with E-state index in [1.807, 2.05) is 0 Å². The average molecular weight is 355 g/mol. The monoisotopic (exact) mass is 355 g/mol. The van der Waals surface area contributed by atoms with E-state index in [2.05, 4.69) is 15.5 Å². The van der Waals surface area contributed by atoms with E-state index in [-0.39, 0.29) is 22.7 Å². The van der Waals surface area contributed by atoms with E-state index >= 15 is 0 Å². The Hall–Kier alpha value is -3.55. The smallest absolute Gasteiger partial charge is 0.341 e. The van der Waals surface area contributed by atoms with Crippen LogP contribution in [0.3, 0.4) is 0 Å². The third kappa shape index (κ3) is 3.44. The van der Waals surface area contributed by atoms with Crippen LogP contribution in [-0.4, -0.2) is 27.1 Å². The van der Waals surface area contributed by atoms with E-state index in [9.17, 15) is 19.1 Å². The van der Waals surface area contributed by atoms with Gasteiger partial charge in [-0.1, -0.05) is 11.2 Å². The molecule has 0 unspecified atom stereocenters. The Balaban J connectivity index is 1.91. The Labute approximate surface area is 147 Å². The second kappa shape index (κ2) is 7.14. The molecule has 132 valence electrons. The van der Waals surface area contributed by atoms with Gasteiger partial charge in [-0.05, 0) is 43.3 Å². The number of carboxylic acid groups (broad SMARTS) is 1. The molecule has 1 aromatic carbocycles. The average Bonchev–Trinajstić information content (AvgIpc) is 3.08. The summed E-state index contributed by atoms with van der Waals surface area (Å²) in [6.07, 6.45) is 1.48. The number of benzene rings is 1. The normalized spacial score (nSPS) is 11.8. The molecule has 1 atom stereocenters. The van der Waals surface area contributed by atoms with Crippen molar-refractivity contribution in [1.82, 2.24) is 15.5 Å². The van der Waals surface area contributed by atoms with Crippen molar-refractivity contribution in [3.8, 4) is 11.3 Å². The molecule has 3 aromatic rings. The minimum absolute atomic E-state index is 0.0129. The standard InChI is InChI=1S/C18H14FN3O4/c1-10(21-17(23)13-4-2-3-9-20-13)16-14(18(24)25)15(22-26-16)11-5-7-12(19)8-6-11/h2-10H,1H3,(H,21,23)(H,24,25)/t10-/m1/s1. The number of carbonyl (C=O) groups excluding carboxylic acids is 1. The lowest BCUT2D eigenvalue weighted by molar-refractivity contribution is 0.0692. The van der Waals surface area contributed by atoms with Crippen LogP contribution >= 0.6 is 0 Å². The van der Waals surface area contributed by atoms with Crippen LogP contribution in [0.5, 0.6) is 0 Å². The summed E-state index contributed by atoms with van der Waals surface area (Å²) in [5.74, 6) is -2.21. The zero-order chi connectivity index (χ0) is 18.7. The van der Waals surface area contributed by atoms with Gasteiger partial charge in [-0.15, -0.1) is 0 Å². The molecule has 0 spiro atoms. The van der Waals surface area contributed by atoms with Crippen LogP contribution in [-0.2, 0) is 0 Å². The molecule has 0 radical (unpaired) electrons. The molecule has 0 saturated carbocycles. The van der Waals surface area contributed by atoms with Gasteiger partial charge in [-0.2, -0.15) is 0 Å². The summed E-state index contributed by atoms with van der Waals surface area (Å²) in [5.41, 5.74) is 0.452. The number of aromatic carboxylic acids is 1. The molecule has 2 heterocycles. The van der Waals surface area contributed by atoms with Crippen molar-refractivity contribution in [2.24, 2.45) is 0 Å². The maximum Gasteiger partial charge on any atom is 0.341 e. The van der Waals surface area contributed by atoms with Crippen LogP contribution in [0.2, 0.25) is 0 Å². The molecule has 0 fully saturated rings. The number of nitrogens with zero attached hydrogens (tertiary/aromatic N) is 2. The Morgan fingerprint density at radius 2 is 1.92 bits per heavy atom. The Morgan fingerprint density at radius 3 is 2.54 bits per heavy atom. The molecule has 26 heavy (non-hydrogen) atoms. The summed E-state index contributed by atoms with van der Waals surface area (Å²) in [7, 11) is 0. The van der Waals surface area contributed by atoms with Gasteiger partial charge in [0.2, 0.25) is 0 Å². The number of hydrogen-bond acceptors (Lipinski definition) is 5. The first-order chi connectivity index (χ1) is 12.5. The van der Waals surface area contributed by atoms with Crippen molar-refractivity contribution in [3.63, 3.8) is 0 Å². The fourth-order valence-electron chi connectivity index (χ4n) is 2.44. The molecule has 2 aromatic heterocycles. The fourth-order valence-corrected chi connectivity index (χ4v) is 2.44. The molecule has 0 saturated heterocycles. The number of amides is 1. The minimum atomic E-state index is -1.26. The van der Waals surface area contributed by atoms with Crippen molar-refractivity contribution in [2.45, 2.75) is 13.0 Å². The van der Waals surface area contributed by atoms with Crippen LogP contribution in [0, 0.1) is 5.82 Å². The zero-order valence-corrected chi connectivity index (χ0v) is 13.6. The zero-order valence-electron chi connectivity index (χ0n) is 13.6. The predicted molar refractivity (Wildman–Crippen MR) is 89.0 cm³/mol. The number of nitrogens with one attached hydrogen (secondary N) is 1. The lowest BCUT2D eigenvalue weighted by Gasteiger charge is -2.11. The highest BCUT2D eigenvalue weighted by molar-refractivity contribution is 5.96. The van der Waals surface area contributed by atoms with Crippen LogP contribution in [0.4, 0.5) is 4.39 Å². The van der Waals surface area contributed by atoms with Crippen molar-refractivity contribution >= 4 is 11.9 Å². The fraction of sp³-hybridized carbons (Fsp3) is 0.111. The summed E-state index contributed by atoms with van der Waals surface area (Å²) in [6.45, 7) is 1.57. The molecule has 0 aliphatic heterocycles. The van der Waals surface area contributed by atoms with Gasteiger partial charge in [0.05, 0.1) is 6.04 Å². The summed E-state index contributed by atoms with van der Waals surface area (Å²) >= 11 is 0. The first-order valence-electron chi connectivity index (χ1n) is 7.68. The number of rotatable bonds is 5. The number of halogens is 1. The summed E-state index contributed by atoms with van der Waals surface area (Å²) in [6, 6.07) is 9.30. The van der Waals surface area contributed by atoms with Gasteiger partial charge in [0.25, 0.3) is 5.91 Å². The van der Waals surface area contributed by atoms with Crippen molar-refractivity contribution in [3.05, 3.63) is 71.5 Å². The molecular formula is C18H14FN3O4. The third-order valence-corrected chi connectivity index (χ3v) is 3.69. The molecular weight excluding hydrogens is 341 g/mol. The highest BCUT2D eigenvalue weighted by atomic mass is 19.1. The molecule has 0 aliphatic carbocycles. The van der Waals surface area contributed by atoms with Crippen molar-refractivity contribution in [2.75, 3.05) is 0 Å². The topological polar surface area (TPSA) is 105 Å². The highest BCUT2D eigenvalue weighted by Gasteiger charge is 2.28. The number of carbonyl (C=O) groups is 2. The van der Waals surface area contributed by atoms with Crippen LogP contribution in [0.15, 0.2) is 53.2 Å². The van der Waals surface area contributed by atoms with E-state index in [0.29, 0.717) is 5.56 Å². The van der Waals surface area contributed by atoms with Gasteiger partial charge in [-0.25, -0.2) is 9.18 Å². The van der Waals surface area contributed by atoms with Crippen LogP contribution in [0.25, 0.3) is 11.3 Å². The van der Waals surface area contributed by atoms with Crippen molar-refractivity contribution < 1.29 is 23.6 Å². The molecule has 8 heteroatoms. The third-order valence-electron chi connectivity index (χ3n) is 3.69. The first-order valence-corrected chi connectivity index (χ1v) is 7.68. The number of pyridine rings is 1. The Morgan fingerprint density at radius 1 is 1.19 bits per heavy atom. The highest BCUT2D eigenvalue weighted by Crippen LogP contribution is 2.29. The van der Waals surface area contributed by atoms with E-state index in [4.69, 9.17) is 4.52 Å². The van der Waals surface area contributed by atoms with Crippen LogP contribution < -0.4 is 5.32 Å². The van der Waals surface area contributed by atoms with E-state index < -0.39 is 23.7 Å². The molecule has 0 aliphatic rings. The second-order valence-electron chi connectivity index (χ2n) is 5.49. The Kier molecular flexibility index (Phi) is 4.74. The van der Waals surface area contributed by atoms with Crippen LogP contribution in [0.1, 0.15) is 39.6 Å². The maximum absolute atomic E-state index is 13.1. The lowest BCUT2D eigenvalue weighted by Crippen LogP contribution is -2.28. The lowest BCUT2D eigenvalue weighted by atomic mass is 10.0. The van der Waals surface area contributed by atoms with E-state index in [0.717, 1.165) is 0 Å². The first kappa shape index (κ1) is 17.3. The molecule has 2 N–H and O–H groups in total. The van der Waals surface area contributed by atoms with E-state index in [1.165, 1.54) is 36.5 Å². The van der Waals surface area contributed by atoms with Gasteiger partial charge in [-0.3, -0.25) is 9.78 Å². The molecule has 3 rings (SSSR count). The van der Waals surface area contributed by atoms with Gasteiger partial charge in [0.15, 0.2) is 5.76 Å². The largest absolute Gasteiger partial charge is 0.477 e. The summed E-state index contributed by atoms with van der Waals surface area (Å²) < 4.78 is 18.3. The molecule has 0 bridgehead atoms. The van der Waals surface area contributed by atoms with Gasteiger partial charge >= 0.3 is 5.97 Å². The Bertz CT molecular complexity index is 939. The number of hydrogen-bond donors (Lipinski definition) is 2. The SMILES string of the molecule is C[C@@H](NC(=O)c1ccccn1)c1onc(-c2ccc(F)cc2)c1C(=O)O. The minimum Gasteiger partial charge on any atom is -0.477 e. The van der Waals surface area contributed by atoms with Gasteiger partial charge < -0.3 is 14.9 Å². The quantitative estimate of drug-likeness (QED) is 0.729. The summed E-state index contributed by atoms with van der Waals surface area (Å²) in [5, 5.41) is 16.0. The van der Waals surface area contributed by atoms with E-state index in [1.54, 1.807) is 19.1 Å². The predicted octanol–water partition coefficient (Wildman–Crippen LogP) is 3.06.